The third-order valence-electron chi connectivity index (χ3n) is 2.50. The van der Waals surface area contributed by atoms with Crippen molar-refractivity contribution in [1.82, 2.24) is 4.90 Å². The summed E-state index contributed by atoms with van der Waals surface area (Å²) in [5.41, 5.74) is 0. The highest BCUT2D eigenvalue weighted by Crippen LogP contribution is 2.14. The van der Waals surface area contributed by atoms with Crippen LogP contribution < -0.4 is 0 Å². The number of carboxylic acids is 1. The molecule has 0 spiro atoms. The fourth-order valence-electron chi connectivity index (χ4n) is 1.00. The maximum absolute atomic E-state index is 10.7. The van der Waals surface area contributed by atoms with Gasteiger partial charge in [0.05, 0.1) is 4.99 Å². The van der Waals surface area contributed by atoms with Crippen molar-refractivity contribution in [2.24, 2.45) is 0 Å². The van der Waals surface area contributed by atoms with Crippen molar-refractivity contribution < 1.29 is 9.90 Å². The van der Waals surface area contributed by atoms with Gasteiger partial charge in [-0.05, 0) is 26.0 Å². The minimum Gasteiger partial charge on any atom is -0.480 e. The van der Waals surface area contributed by atoms with Crippen molar-refractivity contribution in [1.29, 1.82) is 0 Å². The van der Waals surface area contributed by atoms with E-state index in [-0.39, 0.29) is 0 Å². The molecule has 0 bridgehead atoms. The van der Waals surface area contributed by atoms with Crippen LogP contribution in [0.5, 0.6) is 0 Å². The third-order valence-corrected chi connectivity index (χ3v) is 4.03. The van der Waals surface area contributed by atoms with Gasteiger partial charge in [0.1, 0.15) is 6.04 Å². The highest BCUT2D eigenvalue weighted by molar-refractivity contribution is 7.99. The summed E-state index contributed by atoms with van der Waals surface area (Å²) in [4.78, 5) is 13.1. The fraction of sp³-hybridized carbons (Fsp3) is 0.800. The van der Waals surface area contributed by atoms with Crippen LogP contribution in [0.4, 0.5) is 0 Å². The first kappa shape index (κ1) is 14.7. The molecule has 88 valence electrons. The Bertz CT molecular complexity index is 233. The summed E-state index contributed by atoms with van der Waals surface area (Å²) in [5.74, 6) is -0.835. The molecule has 1 N–H and O–H groups in total. The molecule has 0 rings (SSSR count). The van der Waals surface area contributed by atoms with Crippen molar-refractivity contribution >= 4 is 34.9 Å². The molecular formula is C10H19NO2S2. The number of thioether (sulfide) groups is 1. The monoisotopic (exact) mass is 249 g/mol. The van der Waals surface area contributed by atoms with Crippen molar-refractivity contribution in [3.05, 3.63) is 0 Å². The molecule has 0 radical (unpaired) electrons. The van der Waals surface area contributed by atoms with Gasteiger partial charge in [-0.2, -0.15) is 11.8 Å². The lowest BCUT2D eigenvalue weighted by Gasteiger charge is -2.24. The Morgan fingerprint density at radius 3 is 2.47 bits per heavy atom. The first-order valence-corrected chi connectivity index (χ1v) is 6.61. The second-order valence-electron chi connectivity index (χ2n) is 3.60. The summed E-state index contributed by atoms with van der Waals surface area (Å²) < 4.78 is 0. The molecule has 0 aliphatic heterocycles. The van der Waals surface area contributed by atoms with E-state index in [2.05, 4.69) is 13.2 Å². The van der Waals surface area contributed by atoms with Crippen LogP contribution in [-0.4, -0.2) is 45.6 Å². The molecule has 0 fully saturated rings. The Balaban J connectivity index is 4.05. The summed E-state index contributed by atoms with van der Waals surface area (Å²) in [6, 6.07) is -0.540. The highest BCUT2D eigenvalue weighted by atomic mass is 32.2. The SMILES string of the molecule is CSC(C)CCC(=S)N(C)[C@@H](C)C(=O)O. The Kier molecular flexibility index (Phi) is 6.92. The van der Waals surface area contributed by atoms with Gasteiger partial charge in [-0.3, -0.25) is 0 Å². The summed E-state index contributed by atoms with van der Waals surface area (Å²) in [7, 11) is 1.74. The van der Waals surface area contributed by atoms with E-state index in [1.807, 2.05) is 0 Å². The molecule has 0 aromatic rings. The number of hydrogen-bond donors (Lipinski definition) is 1. The summed E-state index contributed by atoms with van der Waals surface area (Å²) in [6.07, 6.45) is 3.85. The van der Waals surface area contributed by atoms with Gasteiger partial charge in [0.2, 0.25) is 0 Å². The Morgan fingerprint density at radius 2 is 2.07 bits per heavy atom. The minimum atomic E-state index is -0.835. The molecule has 0 heterocycles. The van der Waals surface area contributed by atoms with E-state index in [0.717, 1.165) is 17.8 Å². The molecule has 3 nitrogen and oxygen atoms in total. The molecule has 0 amide bonds. The van der Waals surface area contributed by atoms with E-state index in [9.17, 15) is 4.79 Å². The van der Waals surface area contributed by atoms with Gasteiger partial charge in [-0.1, -0.05) is 19.1 Å². The lowest BCUT2D eigenvalue weighted by atomic mass is 10.2. The van der Waals surface area contributed by atoms with Gasteiger partial charge in [-0.15, -0.1) is 0 Å². The summed E-state index contributed by atoms with van der Waals surface area (Å²) >= 11 is 6.99. The molecule has 0 aromatic carbocycles. The molecule has 0 aliphatic carbocycles. The van der Waals surface area contributed by atoms with Crippen LogP contribution in [0.3, 0.4) is 0 Å². The molecule has 5 heteroatoms. The molecule has 0 aliphatic rings. The average Bonchev–Trinajstić information content (AvgIpc) is 2.22. The molecule has 15 heavy (non-hydrogen) atoms. The molecular weight excluding hydrogens is 230 g/mol. The van der Waals surface area contributed by atoms with Crippen LogP contribution in [0.2, 0.25) is 0 Å². The zero-order valence-corrected chi connectivity index (χ0v) is 11.3. The predicted octanol–water partition coefficient (Wildman–Crippen LogP) is 2.25. The van der Waals surface area contributed by atoms with Crippen molar-refractivity contribution in [2.45, 2.75) is 38.0 Å². The zero-order valence-electron chi connectivity index (χ0n) is 9.69. The Hall–Kier alpha value is -0.290. The first-order chi connectivity index (χ1) is 6.90. The van der Waals surface area contributed by atoms with Crippen LogP contribution in [0.15, 0.2) is 0 Å². The second-order valence-corrected chi connectivity index (χ2v) is 5.35. The van der Waals surface area contributed by atoms with E-state index in [4.69, 9.17) is 17.3 Å². The molecule has 0 saturated heterocycles. The van der Waals surface area contributed by atoms with E-state index in [1.165, 1.54) is 0 Å². The Labute approximate surface area is 101 Å². The van der Waals surface area contributed by atoms with Crippen LogP contribution in [-0.2, 0) is 4.79 Å². The number of nitrogens with zero attached hydrogens (tertiary/aromatic N) is 1. The van der Waals surface area contributed by atoms with E-state index < -0.39 is 12.0 Å². The van der Waals surface area contributed by atoms with Crippen molar-refractivity contribution in [3.63, 3.8) is 0 Å². The Morgan fingerprint density at radius 1 is 1.53 bits per heavy atom. The number of likely N-dealkylation sites (N-methyl/N-ethyl adjacent to an activating group) is 1. The number of hydrogen-bond acceptors (Lipinski definition) is 3. The number of carbonyl (C=O) groups is 1. The lowest BCUT2D eigenvalue weighted by molar-refractivity contribution is -0.140. The first-order valence-electron chi connectivity index (χ1n) is 4.91. The number of thiocarbonyl (C=S) groups is 1. The number of carboxylic acid groups (broad SMARTS) is 1. The number of aliphatic carboxylic acids is 1. The van der Waals surface area contributed by atoms with E-state index in [1.54, 1.807) is 30.6 Å². The normalized spacial score (nSPS) is 14.4. The van der Waals surface area contributed by atoms with Gasteiger partial charge >= 0.3 is 5.97 Å². The van der Waals surface area contributed by atoms with E-state index in [0.29, 0.717) is 5.25 Å². The quantitative estimate of drug-likeness (QED) is 0.731. The van der Waals surface area contributed by atoms with Crippen LogP contribution in [0.1, 0.15) is 26.7 Å². The maximum Gasteiger partial charge on any atom is 0.326 e. The average molecular weight is 249 g/mol. The molecule has 2 atom stereocenters. The smallest absolute Gasteiger partial charge is 0.326 e. The highest BCUT2D eigenvalue weighted by Gasteiger charge is 2.18. The van der Waals surface area contributed by atoms with Crippen LogP contribution in [0, 0.1) is 0 Å². The van der Waals surface area contributed by atoms with Crippen LogP contribution >= 0.6 is 24.0 Å². The van der Waals surface area contributed by atoms with Gasteiger partial charge in [0.25, 0.3) is 0 Å². The second kappa shape index (κ2) is 7.06. The van der Waals surface area contributed by atoms with Gasteiger partial charge in [-0.25, -0.2) is 4.79 Å². The number of rotatable bonds is 6. The topological polar surface area (TPSA) is 40.5 Å². The van der Waals surface area contributed by atoms with Crippen molar-refractivity contribution in [2.75, 3.05) is 13.3 Å². The van der Waals surface area contributed by atoms with Gasteiger partial charge in [0.15, 0.2) is 0 Å². The largest absolute Gasteiger partial charge is 0.480 e. The molecule has 1 unspecified atom stereocenters. The summed E-state index contributed by atoms with van der Waals surface area (Å²) in [5, 5.41) is 9.39. The zero-order chi connectivity index (χ0) is 12.0. The third kappa shape index (κ3) is 5.37. The lowest BCUT2D eigenvalue weighted by Crippen LogP contribution is -2.39. The minimum absolute atomic E-state index is 0.540. The molecule has 0 aromatic heterocycles. The molecule has 0 saturated carbocycles. The van der Waals surface area contributed by atoms with Crippen LogP contribution in [0.25, 0.3) is 0 Å². The van der Waals surface area contributed by atoms with Gasteiger partial charge in [0, 0.05) is 12.3 Å². The standard InChI is InChI=1S/C10H19NO2S2/c1-7(15-4)5-6-9(14)11(3)8(2)10(12)13/h7-8H,5-6H2,1-4H3,(H,12,13)/t7?,8-/m0/s1. The van der Waals surface area contributed by atoms with Gasteiger partial charge < -0.3 is 10.0 Å². The van der Waals surface area contributed by atoms with E-state index >= 15 is 0 Å². The van der Waals surface area contributed by atoms with Crippen molar-refractivity contribution in [3.8, 4) is 0 Å². The maximum atomic E-state index is 10.7. The predicted molar refractivity (Wildman–Crippen MR) is 69.7 cm³/mol. The summed E-state index contributed by atoms with van der Waals surface area (Å²) in [6.45, 7) is 3.79. The fourth-order valence-corrected chi connectivity index (χ4v) is 1.63.